The molecule has 0 saturated carbocycles. The number of aliphatic carboxylic acids is 1. The van der Waals surface area contributed by atoms with Crippen molar-refractivity contribution >= 4 is 23.5 Å². The van der Waals surface area contributed by atoms with E-state index in [1.54, 1.807) is 19.1 Å². The Morgan fingerprint density at radius 2 is 2.00 bits per heavy atom. The molecule has 1 unspecified atom stereocenters. The first-order valence-corrected chi connectivity index (χ1v) is 6.35. The molecule has 1 atom stereocenters. The average Bonchev–Trinajstić information content (AvgIpc) is 2.35. The van der Waals surface area contributed by atoms with Crippen molar-refractivity contribution in [1.29, 1.82) is 0 Å². The topological polar surface area (TPSA) is 74.6 Å². The standard InChI is InChI=1S/C12H14O4S/c1-3-10(13)7-4-8(11(14)12(15)16)6-9(5-7)17-2/h4-6,11,14H,3H2,1-2H3,(H,15,16). The SMILES string of the molecule is CCC(=O)c1cc(SC)cc(C(O)C(=O)O)c1. The Kier molecular flexibility index (Phi) is 4.72. The van der Waals surface area contributed by atoms with Gasteiger partial charge in [0, 0.05) is 16.9 Å². The number of rotatable bonds is 5. The molecule has 2 N–H and O–H groups in total. The molecule has 0 saturated heterocycles. The number of carbonyl (C=O) groups excluding carboxylic acids is 1. The normalized spacial score (nSPS) is 12.2. The van der Waals surface area contributed by atoms with E-state index in [1.807, 2.05) is 6.26 Å². The summed E-state index contributed by atoms with van der Waals surface area (Å²) in [4.78, 5) is 23.1. The molecule has 5 heteroatoms. The molecule has 0 aliphatic rings. The van der Waals surface area contributed by atoms with E-state index in [-0.39, 0.29) is 11.3 Å². The molecule has 0 bridgehead atoms. The number of carboxylic acid groups (broad SMARTS) is 1. The molecule has 17 heavy (non-hydrogen) atoms. The largest absolute Gasteiger partial charge is 0.479 e. The van der Waals surface area contributed by atoms with Gasteiger partial charge in [0.1, 0.15) is 0 Å². The maximum absolute atomic E-state index is 11.6. The lowest BCUT2D eigenvalue weighted by Gasteiger charge is -2.10. The van der Waals surface area contributed by atoms with Gasteiger partial charge in [0.25, 0.3) is 0 Å². The minimum absolute atomic E-state index is 0.0697. The molecule has 0 amide bonds. The number of hydrogen-bond acceptors (Lipinski definition) is 4. The van der Waals surface area contributed by atoms with Crippen LogP contribution in [0, 0.1) is 0 Å². The molecule has 1 aromatic carbocycles. The number of aliphatic hydroxyl groups is 1. The zero-order valence-corrected chi connectivity index (χ0v) is 10.5. The highest BCUT2D eigenvalue weighted by atomic mass is 32.2. The molecular weight excluding hydrogens is 240 g/mol. The number of thioether (sulfide) groups is 1. The summed E-state index contributed by atoms with van der Waals surface area (Å²) in [6.45, 7) is 1.74. The Morgan fingerprint density at radius 1 is 1.35 bits per heavy atom. The number of aliphatic hydroxyl groups excluding tert-OH is 1. The third-order valence-corrected chi connectivity index (χ3v) is 3.06. The van der Waals surface area contributed by atoms with Gasteiger partial charge in [-0.1, -0.05) is 6.92 Å². The van der Waals surface area contributed by atoms with Crippen LogP contribution in [-0.4, -0.2) is 28.2 Å². The summed E-state index contributed by atoms with van der Waals surface area (Å²) in [5.41, 5.74) is 0.677. The summed E-state index contributed by atoms with van der Waals surface area (Å²) in [5.74, 6) is -1.39. The first-order valence-electron chi connectivity index (χ1n) is 5.12. The summed E-state index contributed by atoms with van der Waals surface area (Å²) < 4.78 is 0. The van der Waals surface area contributed by atoms with Gasteiger partial charge in [-0.25, -0.2) is 4.79 Å². The molecule has 1 aromatic rings. The van der Waals surface area contributed by atoms with Crippen molar-refractivity contribution in [2.75, 3.05) is 6.26 Å². The summed E-state index contributed by atoms with van der Waals surface area (Å²) in [5, 5.41) is 18.2. The second-order valence-corrected chi connectivity index (χ2v) is 4.39. The molecule has 0 radical (unpaired) electrons. The second kappa shape index (κ2) is 5.84. The quantitative estimate of drug-likeness (QED) is 0.622. The van der Waals surface area contributed by atoms with E-state index in [0.29, 0.717) is 12.0 Å². The van der Waals surface area contributed by atoms with Crippen LogP contribution in [-0.2, 0) is 4.79 Å². The molecule has 92 valence electrons. The molecule has 1 rings (SSSR count). The molecule has 0 aliphatic carbocycles. The van der Waals surface area contributed by atoms with Crippen molar-refractivity contribution in [3.05, 3.63) is 29.3 Å². The predicted octanol–water partition coefficient (Wildman–Crippen LogP) is 2.12. The third kappa shape index (κ3) is 3.31. The van der Waals surface area contributed by atoms with Gasteiger partial charge in [-0.2, -0.15) is 0 Å². The van der Waals surface area contributed by atoms with Crippen molar-refractivity contribution in [2.45, 2.75) is 24.3 Å². The Hall–Kier alpha value is -1.33. The van der Waals surface area contributed by atoms with E-state index in [1.165, 1.54) is 17.8 Å². The fraction of sp³-hybridized carbons (Fsp3) is 0.333. The highest BCUT2D eigenvalue weighted by molar-refractivity contribution is 7.98. The number of ketones is 1. The van der Waals surface area contributed by atoms with Gasteiger partial charge in [0.15, 0.2) is 11.9 Å². The molecule has 0 spiro atoms. The van der Waals surface area contributed by atoms with Gasteiger partial charge in [-0.15, -0.1) is 11.8 Å². The fourth-order valence-corrected chi connectivity index (χ4v) is 1.90. The minimum Gasteiger partial charge on any atom is -0.479 e. The van der Waals surface area contributed by atoms with Crippen LogP contribution < -0.4 is 0 Å². The maximum atomic E-state index is 11.6. The molecule has 0 aromatic heterocycles. The summed E-state index contributed by atoms with van der Waals surface area (Å²) in [6, 6.07) is 4.72. The monoisotopic (exact) mass is 254 g/mol. The van der Waals surface area contributed by atoms with Crippen molar-refractivity contribution in [3.8, 4) is 0 Å². The van der Waals surface area contributed by atoms with E-state index >= 15 is 0 Å². The Morgan fingerprint density at radius 3 is 2.47 bits per heavy atom. The summed E-state index contributed by atoms with van der Waals surface area (Å²) in [6.07, 6.45) is 0.581. The van der Waals surface area contributed by atoms with Crippen molar-refractivity contribution in [2.24, 2.45) is 0 Å². The van der Waals surface area contributed by atoms with Gasteiger partial charge in [0.2, 0.25) is 0 Å². The average molecular weight is 254 g/mol. The smallest absolute Gasteiger partial charge is 0.337 e. The van der Waals surface area contributed by atoms with Crippen LogP contribution >= 0.6 is 11.8 Å². The van der Waals surface area contributed by atoms with Crippen LogP contribution in [0.15, 0.2) is 23.1 Å². The minimum atomic E-state index is -1.59. The highest BCUT2D eigenvalue weighted by Gasteiger charge is 2.18. The molecule has 0 aliphatic heterocycles. The van der Waals surface area contributed by atoms with E-state index in [9.17, 15) is 14.7 Å². The zero-order valence-electron chi connectivity index (χ0n) is 9.64. The predicted molar refractivity (Wildman–Crippen MR) is 65.4 cm³/mol. The number of benzene rings is 1. The highest BCUT2D eigenvalue weighted by Crippen LogP contribution is 2.24. The number of carboxylic acids is 1. The first-order chi connectivity index (χ1) is 7.99. The van der Waals surface area contributed by atoms with Crippen LogP contribution in [0.5, 0.6) is 0 Å². The van der Waals surface area contributed by atoms with Crippen LogP contribution in [0.2, 0.25) is 0 Å². The number of hydrogen-bond donors (Lipinski definition) is 2. The first kappa shape index (κ1) is 13.7. The van der Waals surface area contributed by atoms with Crippen molar-refractivity contribution in [1.82, 2.24) is 0 Å². The van der Waals surface area contributed by atoms with Crippen molar-refractivity contribution < 1.29 is 19.8 Å². The summed E-state index contributed by atoms with van der Waals surface area (Å²) in [7, 11) is 0. The van der Waals surface area contributed by atoms with Crippen LogP contribution in [0.1, 0.15) is 35.4 Å². The third-order valence-electron chi connectivity index (χ3n) is 2.36. The van der Waals surface area contributed by atoms with E-state index in [0.717, 1.165) is 4.90 Å². The van der Waals surface area contributed by atoms with Crippen LogP contribution in [0.4, 0.5) is 0 Å². The van der Waals surface area contributed by atoms with Crippen LogP contribution in [0.25, 0.3) is 0 Å². The Bertz CT molecular complexity index is 442. The lowest BCUT2D eigenvalue weighted by atomic mass is 10.0. The second-order valence-electron chi connectivity index (χ2n) is 3.51. The van der Waals surface area contributed by atoms with Gasteiger partial charge in [0.05, 0.1) is 0 Å². The fourth-order valence-electron chi connectivity index (χ4n) is 1.41. The molecule has 4 nitrogen and oxygen atoms in total. The molecular formula is C12H14O4S. The zero-order chi connectivity index (χ0) is 13.0. The van der Waals surface area contributed by atoms with Crippen molar-refractivity contribution in [3.63, 3.8) is 0 Å². The van der Waals surface area contributed by atoms with Gasteiger partial charge >= 0.3 is 5.97 Å². The van der Waals surface area contributed by atoms with E-state index in [4.69, 9.17) is 5.11 Å². The number of Topliss-reactive ketones (excluding diaryl/α,β-unsaturated/α-hetero) is 1. The lowest BCUT2D eigenvalue weighted by molar-refractivity contribution is -0.146. The van der Waals surface area contributed by atoms with Crippen LogP contribution in [0.3, 0.4) is 0 Å². The maximum Gasteiger partial charge on any atom is 0.337 e. The number of carbonyl (C=O) groups is 2. The Labute approximate surface area is 104 Å². The van der Waals surface area contributed by atoms with Gasteiger partial charge in [-0.3, -0.25) is 4.79 Å². The Balaban J connectivity index is 3.22. The lowest BCUT2D eigenvalue weighted by Crippen LogP contribution is -2.11. The summed E-state index contributed by atoms with van der Waals surface area (Å²) >= 11 is 1.40. The van der Waals surface area contributed by atoms with Gasteiger partial charge in [-0.05, 0) is 30.0 Å². The van der Waals surface area contributed by atoms with E-state index < -0.39 is 12.1 Å². The van der Waals surface area contributed by atoms with Gasteiger partial charge < -0.3 is 10.2 Å². The molecule has 0 fully saturated rings. The molecule has 0 heterocycles. The van der Waals surface area contributed by atoms with E-state index in [2.05, 4.69) is 0 Å².